The third-order valence-corrected chi connectivity index (χ3v) is 7.85. The number of hydrazine groups is 1. The molecule has 1 saturated heterocycles. The van der Waals surface area contributed by atoms with E-state index >= 15 is 0 Å². The molecule has 0 unspecified atom stereocenters. The topological polar surface area (TPSA) is 74.8 Å². The van der Waals surface area contributed by atoms with E-state index in [1.54, 1.807) is 42.5 Å². The van der Waals surface area contributed by atoms with E-state index in [4.69, 9.17) is 11.6 Å². The smallest absolute Gasteiger partial charge is 0.273 e. The molecule has 1 aliphatic heterocycles. The standard InChI is InChI=1S/C26H21ClN2O4/c27-16-8-6-15(7-9-16)24(31)28(13-21(30)14-4-2-1-3-5-14)29-25(32)22-17-10-11-18(20-12-19(17)20)23(22)26(29)33/h1-11,17-20,22-23H,12-13H2/t17-,18-,19-,20+,22+,23+/m0/s1. The summed E-state index contributed by atoms with van der Waals surface area (Å²) in [5, 5.41) is 2.46. The maximum atomic E-state index is 13.6. The number of amides is 3. The number of benzene rings is 2. The molecular formula is C26H21ClN2O4. The van der Waals surface area contributed by atoms with Crippen LogP contribution in [0, 0.1) is 35.5 Å². The highest BCUT2D eigenvalue weighted by atomic mass is 35.5. The second-order valence-electron chi connectivity index (χ2n) is 9.30. The van der Waals surface area contributed by atoms with Crippen LogP contribution in [0.5, 0.6) is 0 Å². The van der Waals surface area contributed by atoms with E-state index in [0.29, 0.717) is 22.4 Å². The van der Waals surface area contributed by atoms with Crippen molar-refractivity contribution in [2.45, 2.75) is 6.42 Å². The lowest BCUT2D eigenvalue weighted by atomic mass is 9.63. The van der Waals surface area contributed by atoms with Crippen molar-refractivity contribution in [1.82, 2.24) is 10.0 Å². The Hall–Kier alpha value is -3.25. The Morgan fingerprint density at radius 1 is 0.848 bits per heavy atom. The van der Waals surface area contributed by atoms with E-state index in [9.17, 15) is 19.2 Å². The van der Waals surface area contributed by atoms with Gasteiger partial charge in [0.05, 0.1) is 11.8 Å². The molecule has 2 saturated carbocycles. The van der Waals surface area contributed by atoms with Crippen LogP contribution >= 0.6 is 11.6 Å². The zero-order valence-corrected chi connectivity index (χ0v) is 18.4. The van der Waals surface area contributed by atoms with E-state index in [1.807, 2.05) is 0 Å². The molecule has 1 heterocycles. The van der Waals surface area contributed by atoms with Gasteiger partial charge in [0.1, 0.15) is 6.54 Å². The van der Waals surface area contributed by atoms with Gasteiger partial charge >= 0.3 is 0 Å². The van der Waals surface area contributed by atoms with Crippen molar-refractivity contribution in [2.75, 3.05) is 6.54 Å². The van der Waals surface area contributed by atoms with Crippen LogP contribution in [0.4, 0.5) is 0 Å². The summed E-state index contributed by atoms with van der Waals surface area (Å²) in [7, 11) is 0. The molecule has 0 spiro atoms. The largest absolute Gasteiger partial charge is 0.292 e. The lowest BCUT2D eigenvalue weighted by Gasteiger charge is -2.37. The van der Waals surface area contributed by atoms with Crippen molar-refractivity contribution < 1.29 is 19.2 Å². The van der Waals surface area contributed by atoms with E-state index in [2.05, 4.69) is 12.2 Å². The number of nitrogens with zero attached hydrogens (tertiary/aromatic N) is 2. The Bertz CT molecular complexity index is 1170. The van der Waals surface area contributed by atoms with Gasteiger partial charge in [-0.15, -0.1) is 0 Å². The van der Waals surface area contributed by atoms with Gasteiger partial charge in [-0.05, 0) is 54.4 Å². The van der Waals surface area contributed by atoms with Crippen molar-refractivity contribution in [3.63, 3.8) is 0 Å². The molecule has 2 aromatic carbocycles. The minimum atomic E-state index is -0.582. The number of hydrogen-bond acceptors (Lipinski definition) is 4. The summed E-state index contributed by atoms with van der Waals surface area (Å²) in [4.78, 5) is 53.8. The molecule has 6 nitrogen and oxygen atoms in total. The van der Waals surface area contributed by atoms with Crippen molar-refractivity contribution in [1.29, 1.82) is 0 Å². The van der Waals surface area contributed by atoms with E-state index in [0.717, 1.165) is 16.4 Å². The monoisotopic (exact) mass is 460 g/mol. The zero-order chi connectivity index (χ0) is 22.9. The van der Waals surface area contributed by atoms with Crippen molar-refractivity contribution in [3.05, 3.63) is 82.9 Å². The Balaban J connectivity index is 1.37. The van der Waals surface area contributed by atoms with Crippen LogP contribution in [0.2, 0.25) is 5.02 Å². The SMILES string of the molecule is O=C(CN(C(=O)c1ccc(Cl)cc1)N1C(=O)[C@@H]2[C@H]3C=C[C@@H]([C@@H]4C[C@H]34)[C@H]2C1=O)c1ccccc1. The third kappa shape index (κ3) is 3.08. The van der Waals surface area contributed by atoms with Crippen molar-refractivity contribution >= 4 is 35.1 Å². The first-order valence-corrected chi connectivity index (χ1v) is 11.5. The highest BCUT2D eigenvalue weighted by molar-refractivity contribution is 6.30. The molecule has 6 atom stereocenters. The molecule has 7 heteroatoms. The molecule has 0 aromatic heterocycles. The first kappa shape index (κ1) is 20.4. The predicted molar refractivity (Wildman–Crippen MR) is 120 cm³/mol. The predicted octanol–water partition coefficient (Wildman–Crippen LogP) is 3.63. The number of allylic oxidation sites excluding steroid dienone is 2. The molecule has 0 radical (unpaired) electrons. The first-order chi connectivity index (χ1) is 16.0. The summed E-state index contributed by atoms with van der Waals surface area (Å²) in [6, 6.07) is 14.8. The number of Topliss-reactive ketones (excluding diaryl/α,β-unsaturated/α-hetero) is 1. The number of hydrogen-bond donors (Lipinski definition) is 0. The van der Waals surface area contributed by atoms with Crippen LogP contribution in [0.25, 0.3) is 0 Å². The van der Waals surface area contributed by atoms with E-state index in [-0.39, 0.29) is 35.0 Å². The molecule has 2 bridgehead atoms. The van der Waals surface area contributed by atoms with E-state index in [1.165, 1.54) is 12.1 Å². The number of ketones is 1. The summed E-state index contributed by atoms with van der Waals surface area (Å²) in [6.07, 6.45) is 5.21. The van der Waals surface area contributed by atoms with Gasteiger partial charge in [0, 0.05) is 16.1 Å². The molecule has 7 rings (SSSR count). The molecule has 4 aliphatic carbocycles. The summed E-state index contributed by atoms with van der Waals surface area (Å²) in [6.45, 7) is -0.405. The quantitative estimate of drug-likeness (QED) is 0.388. The van der Waals surface area contributed by atoms with Gasteiger partial charge in [0.25, 0.3) is 17.7 Å². The average molecular weight is 461 g/mol. The molecule has 0 N–H and O–H groups in total. The number of rotatable bonds is 5. The van der Waals surface area contributed by atoms with Gasteiger partial charge in [-0.25, -0.2) is 5.01 Å². The lowest BCUT2D eigenvalue weighted by molar-refractivity contribution is -0.154. The molecule has 166 valence electrons. The minimum absolute atomic E-state index is 0.0313. The van der Waals surface area contributed by atoms with Gasteiger partial charge in [0.2, 0.25) is 0 Å². The normalized spacial score (nSPS) is 30.8. The van der Waals surface area contributed by atoms with Crippen LogP contribution < -0.4 is 0 Å². The highest BCUT2D eigenvalue weighted by Gasteiger charge is 2.68. The maximum Gasteiger partial charge on any atom is 0.273 e. The van der Waals surface area contributed by atoms with E-state index < -0.39 is 24.3 Å². The fourth-order valence-corrected chi connectivity index (χ4v) is 6.13. The second-order valence-corrected chi connectivity index (χ2v) is 9.74. The van der Waals surface area contributed by atoms with Crippen LogP contribution in [-0.4, -0.2) is 40.1 Å². The van der Waals surface area contributed by atoms with Crippen LogP contribution in [0.3, 0.4) is 0 Å². The molecule has 33 heavy (non-hydrogen) atoms. The van der Waals surface area contributed by atoms with Crippen molar-refractivity contribution in [3.8, 4) is 0 Å². The van der Waals surface area contributed by atoms with Gasteiger partial charge < -0.3 is 0 Å². The number of carbonyl (C=O) groups excluding carboxylic acids is 4. The molecule has 2 aromatic rings. The second kappa shape index (κ2) is 7.39. The fourth-order valence-electron chi connectivity index (χ4n) is 6.01. The molecular weight excluding hydrogens is 440 g/mol. The summed E-state index contributed by atoms with van der Waals surface area (Å²) < 4.78 is 0. The fraction of sp³-hybridized carbons (Fsp3) is 0.308. The Morgan fingerprint density at radius 3 is 2.00 bits per heavy atom. The van der Waals surface area contributed by atoms with Crippen LogP contribution in [0.15, 0.2) is 66.7 Å². The summed E-state index contributed by atoms with van der Waals surface area (Å²) >= 11 is 5.97. The van der Waals surface area contributed by atoms with Crippen LogP contribution in [-0.2, 0) is 9.59 Å². The van der Waals surface area contributed by atoms with Gasteiger partial charge in [-0.1, -0.05) is 54.1 Å². The summed E-state index contributed by atoms with van der Waals surface area (Å²) in [5.74, 6) is -1.64. The molecule has 3 amide bonds. The minimum Gasteiger partial charge on any atom is -0.292 e. The summed E-state index contributed by atoms with van der Waals surface area (Å²) in [5.41, 5.74) is 0.658. The van der Waals surface area contributed by atoms with Gasteiger partial charge in [0.15, 0.2) is 5.78 Å². The molecule has 5 aliphatic rings. The van der Waals surface area contributed by atoms with Gasteiger partial charge in [-0.3, -0.25) is 19.2 Å². The Kier molecular flexibility index (Phi) is 4.56. The molecule has 3 fully saturated rings. The number of halogens is 1. The maximum absolute atomic E-state index is 13.6. The Labute approximate surface area is 195 Å². The number of carbonyl (C=O) groups is 4. The van der Waals surface area contributed by atoms with Gasteiger partial charge in [-0.2, -0.15) is 5.01 Å². The third-order valence-electron chi connectivity index (χ3n) is 7.60. The van der Waals surface area contributed by atoms with Crippen LogP contribution in [0.1, 0.15) is 27.1 Å². The zero-order valence-electron chi connectivity index (χ0n) is 17.6. The first-order valence-electron chi connectivity index (χ1n) is 11.2. The number of imide groups is 1. The average Bonchev–Trinajstić information content (AvgIpc) is 3.62. The Morgan fingerprint density at radius 2 is 1.42 bits per heavy atom. The lowest BCUT2D eigenvalue weighted by Crippen LogP contribution is -2.52. The van der Waals surface area contributed by atoms with Crippen molar-refractivity contribution in [2.24, 2.45) is 35.5 Å². The highest BCUT2D eigenvalue weighted by Crippen LogP contribution is 2.65.